The van der Waals surface area contributed by atoms with Gasteiger partial charge < -0.3 is 4.74 Å². The molecule has 0 aliphatic rings. The van der Waals surface area contributed by atoms with Crippen molar-refractivity contribution in [3.05, 3.63) is 45.8 Å². The molecule has 4 nitrogen and oxygen atoms in total. The highest BCUT2D eigenvalue weighted by Gasteiger charge is 2.05. The number of aromatic amines is 1. The molecule has 1 heterocycles. The molecule has 1 aromatic carbocycles. The number of rotatable bonds is 4. The second-order valence-electron chi connectivity index (χ2n) is 3.81. The number of nitrogens with one attached hydrogen (secondary N) is 1. The van der Waals surface area contributed by atoms with Crippen LogP contribution in [-0.2, 0) is 0 Å². The van der Waals surface area contributed by atoms with Crippen LogP contribution >= 0.6 is 11.6 Å². The fourth-order valence-electron chi connectivity index (χ4n) is 1.55. The number of benzene rings is 1. The van der Waals surface area contributed by atoms with E-state index in [-0.39, 0.29) is 10.7 Å². The average molecular weight is 265 g/mol. The molecule has 18 heavy (non-hydrogen) atoms. The predicted octanol–water partition coefficient (Wildman–Crippen LogP) is 2.88. The van der Waals surface area contributed by atoms with Crippen molar-refractivity contribution < 1.29 is 4.74 Å². The minimum Gasteiger partial charge on any atom is -0.494 e. The van der Waals surface area contributed by atoms with Gasteiger partial charge in [0.2, 0.25) is 0 Å². The van der Waals surface area contributed by atoms with Gasteiger partial charge in [0.1, 0.15) is 10.9 Å². The minimum absolute atomic E-state index is 0.260. The van der Waals surface area contributed by atoms with Gasteiger partial charge in [-0.25, -0.2) is 5.10 Å². The van der Waals surface area contributed by atoms with Gasteiger partial charge in [0.25, 0.3) is 5.56 Å². The quantitative estimate of drug-likeness (QED) is 0.924. The van der Waals surface area contributed by atoms with Gasteiger partial charge >= 0.3 is 0 Å². The Morgan fingerprint density at radius 2 is 2.06 bits per heavy atom. The van der Waals surface area contributed by atoms with E-state index in [1.54, 1.807) is 6.07 Å². The van der Waals surface area contributed by atoms with Gasteiger partial charge in [-0.3, -0.25) is 4.79 Å². The second kappa shape index (κ2) is 5.69. The van der Waals surface area contributed by atoms with E-state index in [1.807, 2.05) is 31.2 Å². The molecule has 0 fully saturated rings. The lowest BCUT2D eigenvalue weighted by atomic mass is 10.1. The molecule has 94 valence electrons. The third-order valence-corrected chi connectivity index (χ3v) is 2.60. The maximum atomic E-state index is 11.6. The third kappa shape index (κ3) is 2.90. The van der Waals surface area contributed by atoms with Crippen molar-refractivity contribution in [2.24, 2.45) is 0 Å². The molecule has 5 heteroatoms. The first kappa shape index (κ1) is 12.6. The molecular formula is C13H13ClN2O2. The van der Waals surface area contributed by atoms with Crippen molar-refractivity contribution >= 4 is 11.6 Å². The summed E-state index contributed by atoms with van der Waals surface area (Å²) < 4.78 is 5.48. The molecule has 1 aromatic heterocycles. The molecule has 0 spiro atoms. The van der Waals surface area contributed by atoms with Crippen LogP contribution in [0.4, 0.5) is 0 Å². The third-order valence-electron chi connectivity index (χ3n) is 2.41. The maximum Gasteiger partial charge on any atom is 0.272 e. The summed E-state index contributed by atoms with van der Waals surface area (Å²) in [4.78, 5) is 11.6. The first-order valence-electron chi connectivity index (χ1n) is 5.69. The molecule has 0 amide bonds. The van der Waals surface area contributed by atoms with Gasteiger partial charge in [0, 0.05) is 0 Å². The van der Waals surface area contributed by atoms with E-state index in [2.05, 4.69) is 10.2 Å². The summed E-state index contributed by atoms with van der Waals surface area (Å²) in [6.45, 7) is 2.73. The Morgan fingerprint density at radius 1 is 1.33 bits per heavy atom. The Bertz CT molecular complexity index is 578. The normalized spacial score (nSPS) is 10.3. The standard InChI is InChI=1S/C13H13ClN2O2/c1-2-7-18-10-5-3-9(4-6-10)11-8-12(14)15-16-13(11)17/h3-6,8H,2,7H2,1H3,(H,16,17). The lowest BCUT2D eigenvalue weighted by molar-refractivity contribution is 0.317. The highest BCUT2D eigenvalue weighted by Crippen LogP contribution is 2.20. The van der Waals surface area contributed by atoms with Crippen LogP contribution in [0.5, 0.6) is 5.75 Å². The average Bonchev–Trinajstić information content (AvgIpc) is 2.40. The van der Waals surface area contributed by atoms with Gasteiger partial charge in [-0.15, -0.1) is 0 Å². The first-order valence-corrected chi connectivity index (χ1v) is 6.07. The first-order chi connectivity index (χ1) is 8.70. The number of halogens is 1. The monoisotopic (exact) mass is 264 g/mol. The van der Waals surface area contributed by atoms with Crippen LogP contribution in [0.2, 0.25) is 5.15 Å². The molecule has 0 atom stereocenters. The molecule has 0 aliphatic carbocycles. The summed E-state index contributed by atoms with van der Waals surface area (Å²) in [7, 11) is 0. The highest BCUT2D eigenvalue weighted by atomic mass is 35.5. The Balaban J connectivity index is 2.28. The second-order valence-corrected chi connectivity index (χ2v) is 4.19. The fourth-order valence-corrected chi connectivity index (χ4v) is 1.70. The van der Waals surface area contributed by atoms with E-state index >= 15 is 0 Å². The lowest BCUT2D eigenvalue weighted by Gasteiger charge is -2.05. The van der Waals surface area contributed by atoms with Crippen molar-refractivity contribution in [3.8, 4) is 16.9 Å². The Labute approximate surface area is 110 Å². The molecule has 1 N–H and O–H groups in total. The molecule has 2 aromatic rings. The summed E-state index contributed by atoms with van der Waals surface area (Å²) in [5.41, 5.74) is 1.02. The molecule has 0 saturated heterocycles. The lowest BCUT2D eigenvalue weighted by Crippen LogP contribution is -2.10. The smallest absolute Gasteiger partial charge is 0.272 e. The summed E-state index contributed by atoms with van der Waals surface area (Å²) >= 11 is 5.76. The van der Waals surface area contributed by atoms with Crippen molar-refractivity contribution in [1.29, 1.82) is 0 Å². The molecule has 0 unspecified atom stereocenters. The maximum absolute atomic E-state index is 11.6. The molecule has 2 rings (SSSR count). The number of ether oxygens (including phenoxy) is 1. The number of hydrogen-bond acceptors (Lipinski definition) is 3. The van der Waals surface area contributed by atoms with E-state index in [9.17, 15) is 4.79 Å². The van der Waals surface area contributed by atoms with Crippen LogP contribution in [0.1, 0.15) is 13.3 Å². The summed E-state index contributed by atoms with van der Waals surface area (Å²) in [6, 6.07) is 8.86. The zero-order chi connectivity index (χ0) is 13.0. The predicted molar refractivity (Wildman–Crippen MR) is 71.1 cm³/mol. The van der Waals surface area contributed by atoms with Gasteiger partial charge in [0.15, 0.2) is 0 Å². The van der Waals surface area contributed by atoms with Crippen molar-refractivity contribution in [2.45, 2.75) is 13.3 Å². The number of hydrogen-bond donors (Lipinski definition) is 1. The Morgan fingerprint density at radius 3 is 2.72 bits per heavy atom. The summed E-state index contributed by atoms with van der Waals surface area (Å²) in [5.74, 6) is 0.789. The van der Waals surface area contributed by atoms with Crippen LogP contribution in [0.25, 0.3) is 11.1 Å². The SMILES string of the molecule is CCCOc1ccc(-c2cc(Cl)n[nH]c2=O)cc1. The Kier molecular flexibility index (Phi) is 3.99. The van der Waals surface area contributed by atoms with Crippen molar-refractivity contribution in [1.82, 2.24) is 10.2 Å². The largest absolute Gasteiger partial charge is 0.494 e. The molecular weight excluding hydrogens is 252 g/mol. The molecule has 0 bridgehead atoms. The molecule has 0 saturated carbocycles. The summed E-state index contributed by atoms with van der Waals surface area (Å²) in [6.07, 6.45) is 0.960. The summed E-state index contributed by atoms with van der Waals surface area (Å²) in [5, 5.41) is 6.23. The van der Waals surface area contributed by atoms with Crippen molar-refractivity contribution in [2.75, 3.05) is 6.61 Å². The molecule has 0 radical (unpaired) electrons. The number of aromatic nitrogens is 2. The topological polar surface area (TPSA) is 55.0 Å². The minimum atomic E-state index is -0.262. The van der Waals surface area contributed by atoms with Crippen LogP contribution in [0.15, 0.2) is 35.1 Å². The molecule has 0 aliphatic heterocycles. The van der Waals surface area contributed by atoms with Gasteiger partial charge in [-0.05, 0) is 30.2 Å². The van der Waals surface area contributed by atoms with Crippen LogP contribution < -0.4 is 10.3 Å². The van der Waals surface area contributed by atoms with Crippen LogP contribution in [0.3, 0.4) is 0 Å². The number of nitrogens with zero attached hydrogens (tertiary/aromatic N) is 1. The van der Waals surface area contributed by atoms with E-state index in [4.69, 9.17) is 16.3 Å². The Hall–Kier alpha value is -1.81. The van der Waals surface area contributed by atoms with E-state index < -0.39 is 0 Å². The highest BCUT2D eigenvalue weighted by molar-refractivity contribution is 6.29. The van der Waals surface area contributed by atoms with E-state index in [1.165, 1.54) is 0 Å². The van der Waals surface area contributed by atoms with Crippen LogP contribution in [-0.4, -0.2) is 16.8 Å². The number of H-pyrrole nitrogens is 1. The van der Waals surface area contributed by atoms with Gasteiger partial charge in [-0.1, -0.05) is 30.7 Å². The van der Waals surface area contributed by atoms with Crippen LogP contribution in [0, 0.1) is 0 Å². The van der Waals surface area contributed by atoms with Gasteiger partial charge in [0.05, 0.1) is 12.2 Å². The van der Waals surface area contributed by atoms with E-state index in [0.29, 0.717) is 12.2 Å². The van der Waals surface area contributed by atoms with Crippen molar-refractivity contribution in [3.63, 3.8) is 0 Å². The van der Waals surface area contributed by atoms with E-state index in [0.717, 1.165) is 17.7 Å². The van der Waals surface area contributed by atoms with Gasteiger partial charge in [-0.2, -0.15) is 5.10 Å². The zero-order valence-electron chi connectivity index (χ0n) is 9.94. The fraction of sp³-hybridized carbons (Fsp3) is 0.231. The zero-order valence-corrected chi connectivity index (χ0v) is 10.7.